The topological polar surface area (TPSA) is 35.0 Å². The lowest BCUT2D eigenvalue weighted by Gasteiger charge is -2.28. The maximum Gasteiger partial charge on any atom is 0.159 e. The third-order valence-corrected chi connectivity index (χ3v) is 5.38. The van der Waals surface area contributed by atoms with Gasteiger partial charge in [-0.1, -0.05) is 26.2 Å². The van der Waals surface area contributed by atoms with E-state index in [0.717, 1.165) is 23.1 Å². The highest BCUT2D eigenvalue weighted by Gasteiger charge is 2.22. The molecule has 0 N–H and O–H groups in total. The number of hydrogen-bond donors (Lipinski definition) is 0. The maximum absolute atomic E-state index is 5.49. The van der Waals surface area contributed by atoms with Crippen LogP contribution in [0.2, 0.25) is 0 Å². The van der Waals surface area contributed by atoms with Gasteiger partial charge in [0.05, 0.1) is 6.61 Å². The monoisotopic (exact) mass is 338 g/mol. The molecule has 1 aromatic heterocycles. The van der Waals surface area contributed by atoms with E-state index in [0.29, 0.717) is 12.5 Å². The van der Waals surface area contributed by atoms with Crippen molar-refractivity contribution in [2.24, 2.45) is 5.92 Å². The summed E-state index contributed by atoms with van der Waals surface area (Å²) in [6.45, 7) is 4.97. The molecule has 1 aliphatic carbocycles. The summed E-state index contributed by atoms with van der Waals surface area (Å²) in [4.78, 5) is 9.23. The van der Waals surface area contributed by atoms with Crippen molar-refractivity contribution >= 4 is 0 Å². The molecule has 0 atom stereocenters. The molecule has 0 radical (unpaired) electrons. The van der Waals surface area contributed by atoms with Gasteiger partial charge in [-0.15, -0.1) is 0 Å². The van der Waals surface area contributed by atoms with Crippen LogP contribution in [0.4, 0.5) is 0 Å². The fraction of sp³-hybridized carbons (Fsp3) is 0.545. The zero-order valence-corrected chi connectivity index (χ0v) is 15.6. The molecule has 1 saturated carbocycles. The van der Waals surface area contributed by atoms with E-state index in [1.165, 1.54) is 50.5 Å². The van der Waals surface area contributed by atoms with Gasteiger partial charge in [0.1, 0.15) is 5.75 Å². The van der Waals surface area contributed by atoms with Gasteiger partial charge in [-0.3, -0.25) is 0 Å². The molecule has 0 unspecified atom stereocenters. The van der Waals surface area contributed by atoms with E-state index in [9.17, 15) is 0 Å². The number of rotatable bonds is 7. The summed E-state index contributed by atoms with van der Waals surface area (Å²) >= 11 is 0. The number of aromatic nitrogens is 2. The Morgan fingerprint density at radius 3 is 2.24 bits per heavy atom. The molecule has 134 valence electrons. The summed E-state index contributed by atoms with van der Waals surface area (Å²) in [5.41, 5.74) is 2.35. The van der Waals surface area contributed by atoms with Crippen molar-refractivity contribution < 1.29 is 4.74 Å². The van der Waals surface area contributed by atoms with E-state index < -0.39 is 0 Å². The highest BCUT2D eigenvalue weighted by atomic mass is 16.5. The normalized spacial score (nSPS) is 20.4. The van der Waals surface area contributed by atoms with Crippen molar-refractivity contribution in [3.63, 3.8) is 0 Å². The lowest BCUT2D eigenvalue weighted by molar-refractivity contribution is 0.304. The highest BCUT2D eigenvalue weighted by molar-refractivity contribution is 5.56. The number of ether oxygens (including phenoxy) is 1. The first-order valence-corrected chi connectivity index (χ1v) is 9.85. The number of unbranched alkanes of at least 4 members (excludes halogenated alkanes) is 1. The number of hydrogen-bond acceptors (Lipinski definition) is 3. The molecule has 1 aliphatic rings. The largest absolute Gasteiger partial charge is 0.494 e. The second-order valence-electron chi connectivity index (χ2n) is 7.16. The quantitative estimate of drug-likeness (QED) is 0.620. The van der Waals surface area contributed by atoms with Crippen molar-refractivity contribution in [2.45, 2.75) is 64.7 Å². The summed E-state index contributed by atoms with van der Waals surface area (Å²) in [6.07, 6.45) is 13.5. The van der Waals surface area contributed by atoms with E-state index in [4.69, 9.17) is 4.74 Å². The second kappa shape index (κ2) is 8.98. The average molecular weight is 338 g/mol. The smallest absolute Gasteiger partial charge is 0.159 e. The van der Waals surface area contributed by atoms with Gasteiger partial charge < -0.3 is 4.74 Å². The molecule has 3 rings (SSSR count). The van der Waals surface area contributed by atoms with E-state index in [2.05, 4.69) is 16.9 Å². The van der Waals surface area contributed by atoms with E-state index in [1.54, 1.807) is 0 Å². The minimum atomic E-state index is 0.646. The van der Waals surface area contributed by atoms with Crippen LogP contribution in [0.15, 0.2) is 36.7 Å². The predicted molar refractivity (Wildman–Crippen MR) is 103 cm³/mol. The van der Waals surface area contributed by atoms with Gasteiger partial charge in [-0.25, -0.2) is 9.97 Å². The molecule has 3 heteroatoms. The fourth-order valence-corrected chi connectivity index (χ4v) is 3.84. The van der Waals surface area contributed by atoms with Crippen molar-refractivity contribution in [2.75, 3.05) is 6.61 Å². The Morgan fingerprint density at radius 2 is 1.64 bits per heavy atom. The molecular weight excluding hydrogens is 308 g/mol. The SMILES string of the molecule is CCCC[C@H]1CC[C@H](c2cnc(-c3ccc(OCC)cc3)nc2)CC1. The molecule has 0 amide bonds. The third kappa shape index (κ3) is 4.81. The maximum atomic E-state index is 5.49. The molecule has 0 aliphatic heterocycles. The summed E-state index contributed by atoms with van der Waals surface area (Å²) in [6, 6.07) is 8.01. The molecule has 0 saturated heterocycles. The van der Waals surface area contributed by atoms with Crippen LogP contribution < -0.4 is 4.74 Å². The molecule has 0 bridgehead atoms. The lowest BCUT2D eigenvalue weighted by Crippen LogP contribution is -2.13. The average Bonchev–Trinajstić information content (AvgIpc) is 2.68. The Bertz CT molecular complexity index is 628. The molecule has 1 fully saturated rings. The summed E-state index contributed by atoms with van der Waals surface area (Å²) in [7, 11) is 0. The second-order valence-corrected chi connectivity index (χ2v) is 7.16. The van der Waals surface area contributed by atoms with Crippen molar-refractivity contribution in [3.05, 3.63) is 42.2 Å². The van der Waals surface area contributed by atoms with Crippen LogP contribution in [-0.2, 0) is 0 Å². The van der Waals surface area contributed by atoms with Crippen molar-refractivity contribution in [3.8, 4) is 17.1 Å². The van der Waals surface area contributed by atoms with Crippen molar-refractivity contribution in [1.82, 2.24) is 9.97 Å². The Hall–Kier alpha value is -1.90. The Kier molecular flexibility index (Phi) is 6.43. The first-order valence-electron chi connectivity index (χ1n) is 9.85. The first kappa shape index (κ1) is 17.9. The fourth-order valence-electron chi connectivity index (χ4n) is 3.84. The highest BCUT2D eigenvalue weighted by Crippen LogP contribution is 2.37. The zero-order chi connectivity index (χ0) is 17.5. The molecule has 2 aromatic rings. The molecule has 0 spiro atoms. The van der Waals surface area contributed by atoms with Crippen LogP contribution >= 0.6 is 0 Å². The van der Waals surface area contributed by atoms with Crippen LogP contribution in [0.3, 0.4) is 0 Å². The van der Waals surface area contributed by atoms with Crippen LogP contribution in [0.5, 0.6) is 5.75 Å². The summed E-state index contributed by atoms with van der Waals surface area (Å²) < 4.78 is 5.49. The van der Waals surface area contributed by atoms with Crippen LogP contribution in [0.25, 0.3) is 11.4 Å². The van der Waals surface area contributed by atoms with Gasteiger partial charge >= 0.3 is 0 Å². The third-order valence-electron chi connectivity index (χ3n) is 5.38. The van der Waals surface area contributed by atoms with Gasteiger partial charge in [-0.2, -0.15) is 0 Å². The Labute approximate surface area is 151 Å². The minimum Gasteiger partial charge on any atom is -0.494 e. The lowest BCUT2D eigenvalue weighted by atomic mass is 9.78. The minimum absolute atomic E-state index is 0.646. The van der Waals surface area contributed by atoms with E-state index >= 15 is 0 Å². The van der Waals surface area contributed by atoms with Gasteiger partial charge in [0.25, 0.3) is 0 Å². The van der Waals surface area contributed by atoms with Crippen molar-refractivity contribution in [1.29, 1.82) is 0 Å². The van der Waals surface area contributed by atoms with E-state index in [1.807, 2.05) is 43.6 Å². The standard InChI is InChI=1S/C22H30N2O/c1-3-5-6-17-7-9-18(10-8-17)20-15-23-22(24-16-20)19-11-13-21(14-12-19)25-4-2/h11-18H,3-10H2,1-2H3/t17-,18-. The van der Waals surface area contributed by atoms with Gasteiger partial charge in [-0.05, 0) is 74.3 Å². The molecule has 3 nitrogen and oxygen atoms in total. The van der Waals surface area contributed by atoms with Gasteiger partial charge in [0.15, 0.2) is 5.82 Å². The molecule has 1 heterocycles. The van der Waals surface area contributed by atoms with Gasteiger partial charge in [0.2, 0.25) is 0 Å². The number of nitrogens with zero attached hydrogens (tertiary/aromatic N) is 2. The van der Waals surface area contributed by atoms with Gasteiger partial charge in [0, 0.05) is 18.0 Å². The van der Waals surface area contributed by atoms with Crippen LogP contribution in [0, 0.1) is 5.92 Å². The van der Waals surface area contributed by atoms with E-state index in [-0.39, 0.29) is 0 Å². The Morgan fingerprint density at radius 1 is 0.960 bits per heavy atom. The number of benzene rings is 1. The Balaban J connectivity index is 1.59. The van der Waals surface area contributed by atoms with Crippen LogP contribution in [0.1, 0.15) is 70.3 Å². The summed E-state index contributed by atoms with van der Waals surface area (Å²) in [5.74, 6) is 3.28. The first-order chi connectivity index (χ1) is 12.3. The summed E-state index contributed by atoms with van der Waals surface area (Å²) in [5, 5.41) is 0. The molecule has 1 aromatic carbocycles. The molecule has 25 heavy (non-hydrogen) atoms. The zero-order valence-electron chi connectivity index (χ0n) is 15.6. The predicted octanol–water partition coefficient (Wildman–Crippen LogP) is 6.01. The molecular formula is C22H30N2O. The van der Waals surface area contributed by atoms with Crippen LogP contribution in [-0.4, -0.2) is 16.6 Å².